The molecule has 2 N–H and O–H groups in total. The van der Waals surface area contributed by atoms with E-state index >= 15 is 0 Å². The number of halogens is 1. The van der Waals surface area contributed by atoms with Crippen LogP contribution in [0, 0.1) is 18.8 Å². The van der Waals surface area contributed by atoms with Gasteiger partial charge >= 0.3 is 0 Å². The van der Waals surface area contributed by atoms with Crippen molar-refractivity contribution in [3.05, 3.63) is 33.8 Å². The summed E-state index contributed by atoms with van der Waals surface area (Å²) in [7, 11) is 0. The molecular formula is C16H24BrNO2. The van der Waals surface area contributed by atoms with E-state index in [0.29, 0.717) is 23.9 Å². The highest BCUT2D eigenvalue weighted by Crippen LogP contribution is 2.19. The van der Waals surface area contributed by atoms with Gasteiger partial charge in [-0.3, -0.25) is 4.79 Å². The Morgan fingerprint density at radius 1 is 1.40 bits per heavy atom. The Balaban J connectivity index is 2.60. The Kier molecular flexibility index (Phi) is 7.24. The molecule has 0 spiro atoms. The number of benzene rings is 1. The van der Waals surface area contributed by atoms with Crippen molar-refractivity contribution in [2.45, 2.75) is 33.6 Å². The predicted octanol–water partition coefficient (Wildman–Crippen LogP) is 3.53. The van der Waals surface area contributed by atoms with Crippen molar-refractivity contribution >= 4 is 21.8 Å². The molecule has 0 aromatic heterocycles. The largest absolute Gasteiger partial charge is 0.396 e. The number of nitrogens with one attached hydrogen (secondary N) is 1. The molecule has 112 valence electrons. The minimum Gasteiger partial charge on any atom is -0.396 e. The fraction of sp³-hybridized carbons (Fsp3) is 0.562. The number of amides is 1. The van der Waals surface area contributed by atoms with E-state index in [1.54, 1.807) is 0 Å². The van der Waals surface area contributed by atoms with E-state index in [1.807, 2.05) is 25.1 Å². The van der Waals surface area contributed by atoms with Crippen molar-refractivity contribution in [1.29, 1.82) is 0 Å². The minimum atomic E-state index is -0.0661. The number of hydrogen-bond donors (Lipinski definition) is 2. The molecule has 0 heterocycles. The molecule has 4 heteroatoms. The molecule has 0 aliphatic heterocycles. The first-order valence-electron chi connectivity index (χ1n) is 7.09. The Labute approximate surface area is 129 Å². The molecule has 0 radical (unpaired) electrons. The van der Waals surface area contributed by atoms with Crippen molar-refractivity contribution in [2.24, 2.45) is 11.8 Å². The molecule has 1 unspecified atom stereocenters. The first-order valence-corrected chi connectivity index (χ1v) is 7.88. The van der Waals surface area contributed by atoms with E-state index in [0.717, 1.165) is 22.9 Å². The van der Waals surface area contributed by atoms with Crippen LogP contribution >= 0.6 is 15.9 Å². The average Bonchev–Trinajstić information content (AvgIpc) is 2.35. The van der Waals surface area contributed by atoms with Gasteiger partial charge in [0.1, 0.15) is 0 Å². The van der Waals surface area contributed by atoms with E-state index in [1.165, 1.54) is 0 Å². The van der Waals surface area contributed by atoms with Crippen molar-refractivity contribution < 1.29 is 9.90 Å². The van der Waals surface area contributed by atoms with Crippen LogP contribution in [0.1, 0.15) is 42.6 Å². The summed E-state index contributed by atoms with van der Waals surface area (Å²) in [6.45, 7) is 7.08. The zero-order valence-electron chi connectivity index (χ0n) is 12.4. The molecule has 1 amide bonds. The zero-order valence-corrected chi connectivity index (χ0v) is 14.0. The molecule has 0 bridgehead atoms. The van der Waals surface area contributed by atoms with Crippen LogP contribution in [-0.2, 0) is 0 Å². The molecule has 0 fully saturated rings. The summed E-state index contributed by atoms with van der Waals surface area (Å²) >= 11 is 3.42. The lowest BCUT2D eigenvalue weighted by Gasteiger charge is -2.19. The number of carbonyl (C=O) groups is 1. The molecule has 0 aliphatic rings. The topological polar surface area (TPSA) is 49.3 Å². The maximum Gasteiger partial charge on any atom is 0.252 e. The second-order valence-electron chi connectivity index (χ2n) is 5.70. The maximum absolute atomic E-state index is 12.2. The highest BCUT2D eigenvalue weighted by Gasteiger charge is 2.14. The summed E-state index contributed by atoms with van der Waals surface area (Å²) in [5, 5.41) is 12.1. The van der Waals surface area contributed by atoms with Gasteiger partial charge in [-0.05, 0) is 65.2 Å². The maximum atomic E-state index is 12.2. The van der Waals surface area contributed by atoms with Crippen molar-refractivity contribution in [1.82, 2.24) is 5.32 Å². The monoisotopic (exact) mass is 341 g/mol. The third-order valence-corrected chi connectivity index (χ3v) is 3.92. The normalized spacial score (nSPS) is 12.5. The van der Waals surface area contributed by atoms with Gasteiger partial charge in [0.2, 0.25) is 0 Å². The van der Waals surface area contributed by atoms with Crippen LogP contribution in [0.15, 0.2) is 22.7 Å². The standard InChI is InChI=1S/C16H24BrNO2/c1-11(2)8-13(6-7-19)10-18-16(20)14-5-4-12(3)9-15(14)17/h4-5,9,11,13,19H,6-8,10H2,1-3H3,(H,18,20). The van der Waals surface area contributed by atoms with Gasteiger partial charge in [0.15, 0.2) is 0 Å². The van der Waals surface area contributed by atoms with E-state index in [-0.39, 0.29) is 12.5 Å². The smallest absolute Gasteiger partial charge is 0.252 e. The van der Waals surface area contributed by atoms with Gasteiger partial charge < -0.3 is 10.4 Å². The number of rotatable bonds is 7. The van der Waals surface area contributed by atoms with Gasteiger partial charge in [-0.2, -0.15) is 0 Å². The van der Waals surface area contributed by atoms with Crippen LogP contribution in [0.2, 0.25) is 0 Å². The molecule has 1 aromatic rings. The SMILES string of the molecule is Cc1ccc(C(=O)NCC(CCO)CC(C)C)c(Br)c1. The zero-order chi connectivity index (χ0) is 15.1. The van der Waals surface area contributed by atoms with Crippen molar-refractivity contribution in [3.63, 3.8) is 0 Å². The molecule has 0 saturated heterocycles. The Morgan fingerprint density at radius 2 is 2.10 bits per heavy atom. The highest BCUT2D eigenvalue weighted by molar-refractivity contribution is 9.10. The number of aliphatic hydroxyl groups is 1. The lowest BCUT2D eigenvalue weighted by Crippen LogP contribution is -2.30. The predicted molar refractivity (Wildman–Crippen MR) is 85.9 cm³/mol. The summed E-state index contributed by atoms with van der Waals surface area (Å²) in [4.78, 5) is 12.2. The fourth-order valence-corrected chi connectivity index (χ4v) is 2.96. The van der Waals surface area contributed by atoms with Gasteiger partial charge in [0.25, 0.3) is 5.91 Å². The number of aliphatic hydroxyl groups excluding tert-OH is 1. The van der Waals surface area contributed by atoms with Gasteiger partial charge in [-0.15, -0.1) is 0 Å². The molecule has 3 nitrogen and oxygen atoms in total. The van der Waals surface area contributed by atoms with Crippen LogP contribution < -0.4 is 5.32 Å². The number of carbonyl (C=O) groups excluding carboxylic acids is 1. The molecule has 1 rings (SSSR count). The Morgan fingerprint density at radius 3 is 2.65 bits per heavy atom. The fourth-order valence-electron chi connectivity index (χ4n) is 2.29. The van der Waals surface area contributed by atoms with Crippen LogP contribution in [0.25, 0.3) is 0 Å². The summed E-state index contributed by atoms with van der Waals surface area (Å²) < 4.78 is 0.817. The number of hydrogen-bond acceptors (Lipinski definition) is 2. The molecule has 1 aromatic carbocycles. The third kappa shape index (κ3) is 5.63. The molecule has 1 atom stereocenters. The minimum absolute atomic E-state index is 0.0661. The van der Waals surface area contributed by atoms with Gasteiger partial charge in [0.05, 0.1) is 5.56 Å². The lowest BCUT2D eigenvalue weighted by molar-refractivity contribution is 0.0940. The summed E-state index contributed by atoms with van der Waals surface area (Å²) in [5.41, 5.74) is 1.77. The highest BCUT2D eigenvalue weighted by atomic mass is 79.9. The van der Waals surface area contributed by atoms with E-state index in [2.05, 4.69) is 35.1 Å². The first kappa shape index (κ1) is 17.2. The van der Waals surface area contributed by atoms with Crippen LogP contribution in [-0.4, -0.2) is 24.2 Å². The second kappa shape index (κ2) is 8.42. The third-order valence-electron chi connectivity index (χ3n) is 3.26. The Bertz CT molecular complexity index is 446. The van der Waals surface area contributed by atoms with Crippen LogP contribution in [0.4, 0.5) is 0 Å². The molecule has 0 aliphatic carbocycles. The summed E-state index contributed by atoms with van der Waals surface area (Å²) in [6.07, 6.45) is 1.74. The average molecular weight is 342 g/mol. The summed E-state index contributed by atoms with van der Waals surface area (Å²) in [6, 6.07) is 5.70. The molecular weight excluding hydrogens is 318 g/mol. The van der Waals surface area contributed by atoms with E-state index in [9.17, 15) is 4.79 Å². The second-order valence-corrected chi connectivity index (χ2v) is 6.56. The Hall–Kier alpha value is -0.870. The van der Waals surface area contributed by atoms with E-state index < -0.39 is 0 Å². The van der Waals surface area contributed by atoms with Gasteiger partial charge in [-0.25, -0.2) is 0 Å². The summed E-state index contributed by atoms with van der Waals surface area (Å²) in [5.74, 6) is 0.825. The van der Waals surface area contributed by atoms with Crippen LogP contribution in [0.5, 0.6) is 0 Å². The first-order chi connectivity index (χ1) is 9.43. The van der Waals surface area contributed by atoms with Gasteiger partial charge in [-0.1, -0.05) is 19.9 Å². The quantitative estimate of drug-likeness (QED) is 0.796. The lowest BCUT2D eigenvalue weighted by atomic mass is 9.94. The van der Waals surface area contributed by atoms with Crippen molar-refractivity contribution in [2.75, 3.05) is 13.2 Å². The molecule has 0 saturated carbocycles. The number of aryl methyl sites for hydroxylation is 1. The van der Waals surface area contributed by atoms with Gasteiger partial charge in [0, 0.05) is 17.6 Å². The van der Waals surface area contributed by atoms with Crippen LogP contribution in [0.3, 0.4) is 0 Å². The molecule has 20 heavy (non-hydrogen) atoms. The van der Waals surface area contributed by atoms with E-state index in [4.69, 9.17) is 5.11 Å². The van der Waals surface area contributed by atoms with Crippen molar-refractivity contribution in [3.8, 4) is 0 Å².